The number of rotatable bonds is 2. The lowest BCUT2D eigenvalue weighted by Gasteiger charge is -2.00. The van der Waals surface area contributed by atoms with Gasteiger partial charge in [0.1, 0.15) is 5.52 Å². The minimum atomic E-state index is -0.652. The number of methoxy groups -OCH3 is 1. The van der Waals surface area contributed by atoms with Crippen LogP contribution in [0.3, 0.4) is 0 Å². The van der Waals surface area contributed by atoms with Crippen LogP contribution in [0.25, 0.3) is 11.0 Å². The second-order valence-corrected chi connectivity index (χ2v) is 3.04. The van der Waals surface area contributed by atoms with E-state index in [0.29, 0.717) is 11.0 Å². The number of ether oxygens (including phenoxy) is 1. The average molecular weight is 221 g/mol. The molecule has 7 nitrogen and oxygen atoms in total. The van der Waals surface area contributed by atoms with Crippen molar-refractivity contribution < 1.29 is 14.5 Å². The van der Waals surface area contributed by atoms with Crippen molar-refractivity contribution >= 4 is 22.7 Å². The van der Waals surface area contributed by atoms with Gasteiger partial charge in [-0.2, -0.15) is 0 Å². The first-order valence-electron chi connectivity index (χ1n) is 4.33. The molecule has 0 aliphatic rings. The van der Waals surface area contributed by atoms with Crippen LogP contribution in [0.15, 0.2) is 18.5 Å². The fourth-order valence-corrected chi connectivity index (χ4v) is 1.41. The van der Waals surface area contributed by atoms with Gasteiger partial charge in [-0.1, -0.05) is 0 Å². The van der Waals surface area contributed by atoms with Crippen LogP contribution in [0.5, 0.6) is 0 Å². The quantitative estimate of drug-likeness (QED) is 0.467. The van der Waals surface area contributed by atoms with E-state index in [1.807, 2.05) is 0 Å². The number of benzene rings is 1. The molecule has 0 fully saturated rings. The summed E-state index contributed by atoms with van der Waals surface area (Å²) in [5.41, 5.74) is 0.678. The third-order valence-electron chi connectivity index (χ3n) is 2.12. The van der Waals surface area contributed by atoms with E-state index in [4.69, 9.17) is 0 Å². The summed E-state index contributed by atoms with van der Waals surface area (Å²) in [6.45, 7) is 0. The number of nitro groups is 1. The first-order valence-corrected chi connectivity index (χ1v) is 4.33. The summed E-state index contributed by atoms with van der Waals surface area (Å²) in [6, 6.07) is 2.46. The lowest BCUT2D eigenvalue weighted by atomic mass is 10.1. The molecule has 0 amide bonds. The molecule has 0 aliphatic carbocycles. The number of carbonyl (C=O) groups excluding carboxylic acids is 1. The highest BCUT2D eigenvalue weighted by Crippen LogP contribution is 2.23. The molecule has 7 heteroatoms. The fraction of sp³-hybridized carbons (Fsp3) is 0.111. The number of hydrogen-bond acceptors (Lipinski definition) is 5. The molecule has 0 bridgehead atoms. The van der Waals surface area contributed by atoms with Crippen LogP contribution in [0.4, 0.5) is 5.69 Å². The Labute approximate surface area is 89.2 Å². The van der Waals surface area contributed by atoms with E-state index in [2.05, 4.69) is 14.7 Å². The molecule has 0 saturated heterocycles. The molecule has 2 rings (SSSR count). The van der Waals surface area contributed by atoms with E-state index in [9.17, 15) is 14.9 Å². The molecule has 1 heterocycles. The van der Waals surface area contributed by atoms with Crippen LogP contribution < -0.4 is 0 Å². The van der Waals surface area contributed by atoms with Crippen LogP contribution in [0.2, 0.25) is 0 Å². The molecule has 0 radical (unpaired) electrons. The van der Waals surface area contributed by atoms with Gasteiger partial charge < -0.3 is 9.72 Å². The minimum Gasteiger partial charge on any atom is -0.465 e. The highest BCUT2D eigenvalue weighted by molar-refractivity contribution is 6.02. The first kappa shape index (κ1) is 10.1. The van der Waals surface area contributed by atoms with Crippen molar-refractivity contribution in [2.45, 2.75) is 0 Å². The number of hydrogen-bond donors (Lipinski definition) is 1. The Morgan fingerprint density at radius 2 is 2.31 bits per heavy atom. The predicted molar refractivity (Wildman–Crippen MR) is 54.1 cm³/mol. The Morgan fingerprint density at radius 1 is 1.56 bits per heavy atom. The lowest BCUT2D eigenvalue weighted by molar-refractivity contribution is -0.384. The maximum Gasteiger partial charge on any atom is 0.340 e. The van der Waals surface area contributed by atoms with E-state index in [-0.39, 0.29) is 11.3 Å². The van der Waals surface area contributed by atoms with Gasteiger partial charge in [-0.3, -0.25) is 10.1 Å². The number of nitrogens with zero attached hydrogens (tertiary/aromatic N) is 2. The molecule has 1 aromatic heterocycles. The smallest absolute Gasteiger partial charge is 0.340 e. The van der Waals surface area contributed by atoms with Crippen LogP contribution in [0, 0.1) is 10.1 Å². The van der Waals surface area contributed by atoms with Gasteiger partial charge in [-0.25, -0.2) is 9.78 Å². The zero-order chi connectivity index (χ0) is 11.7. The molecule has 0 saturated carbocycles. The number of imidazole rings is 1. The Bertz CT molecular complexity index is 575. The van der Waals surface area contributed by atoms with E-state index in [1.165, 1.54) is 19.5 Å². The Morgan fingerprint density at radius 3 is 2.94 bits per heavy atom. The van der Waals surface area contributed by atoms with Crippen molar-refractivity contribution in [3.63, 3.8) is 0 Å². The molecule has 1 N–H and O–H groups in total. The number of H-pyrrole nitrogens is 1. The zero-order valence-electron chi connectivity index (χ0n) is 8.26. The number of non-ortho nitro benzene ring substituents is 1. The number of aromatic amines is 1. The Balaban J connectivity index is 2.73. The summed E-state index contributed by atoms with van der Waals surface area (Å²) < 4.78 is 4.53. The van der Waals surface area contributed by atoms with Crippen LogP contribution >= 0.6 is 0 Å². The second kappa shape index (κ2) is 3.61. The lowest BCUT2D eigenvalue weighted by Crippen LogP contribution is -2.03. The number of esters is 1. The summed E-state index contributed by atoms with van der Waals surface area (Å²) in [6.07, 6.45) is 1.36. The number of nitro benzene ring substituents is 1. The van der Waals surface area contributed by atoms with E-state index in [1.54, 1.807) is 0 Å². The molecule has 82 valence electrons. The summed E-state index contributed by atoms with van der Waals surface area (Å²) in [4.78, 5) is 28.1. The molecular formula is C9H7N3O4. The largest absolute Gasteiger partial charge is 0.465 e. The van der Waals surface area contributed by atoms with Crippen molar-refractivity contribution in [2.75, 3.05) is 7.11 Å². The van der Waals surface area contributed by atoms with Gasteiger partial charge >= 0.3 is 5.97 Å². The van der Waals surface area contributed by atoms with Gasteiger partial charge in [0.25, 0.3) is 5.69 Å². The molecule has 0 aliphatic heterocycles. The van der Waals surface area contributed by atoms with Crippen molar-refractivity contribution in [1.82, 2.24) is 9.97 Å². The molecule has 2 aromatic rings. The highest BCUT2D eigenvalue weighted by atomic mass is 16.6. The van der Waals surface area contributed by atoms with E-state index >= 15 is 0 Å². The van der Waals surface area contributed by atoms with Gasteiger partial charge in [0.15, 0.2) is 0 Å². The van der Waals surface area contributed by atoms with Crippen LogP contribution in [0.1, 0.15) is 10.4 Å². The third kappa shape index (κ3) is 1.48. The minimum absolute atomic E-state index is 0.0768. The number of fused-ring (bicyclic) bond motifs is 1. The zero-order valence-corrected chi connectivity index (χ0v) is 8.26. The molecule has 1 aromatic carbocycles. The Hall–Kier alpha value is -2.44. The molecule has 0 spiro atoms. The summed E-state index contributed by atoms with van der Waals surface area (Å²) in [5.74, 6) is -0.652. The normalized spacial score (nSPS) is 10.3. The van der Waals surface area contributed by atoms with Gasteiger partial charge in [0, 0.05) is 12.1 Å². The molecule has 16 heavy (non-hydrogen) atoms. The first-order chi connectivity index (χ1) is 7.63. The fourth-order valence-electron chi connectivity index (χ4n) is 1.41. The third-order valence-corrected chi connectivity index (χ3v) is 2.12. The molecular weight excluding hydrogens is 214 g/mol. The predicted octanol–water partition coefficient (Wildman–Crippen LogP) is 1.26. The summed E-state index contributed by atoms with van der Waals surface area (Å²) in [5, 5.41) is 10.6. The summed E-state index contributed by atoms with van der Waals surface area (Å²) >= 11 is 0. The maximum absolute atomic E-state index is 11.4. The highest BCUT2D eigenvalue weighted by Gasteiger charge is 2.18. The van der Waals surface area contributed by atoms with Crippen molar-refractivity contribution in [2.24, 2.45) is 0 Å². The molecule has 0 atom stereocenters. The van der Waals surface area contributed by atoms with Gasteiger partial charge in [0.05, 0.1) is 29.4 Å². The van der Waals surface area contributed by atoms with Crippen molar-refractivity contribution in [3.05, 3.63) is 34.1 Å². The Kier molecular flexibility index (Phi) is 2.28. The SMILES string of the molecule is COC(=O)c1cc([N+](=O)[O-])cc2[nH]cnc12. The van der Waals surface area contributed by atoms with Crippen molar-refractivity contribution in [3.8, 4) is 0 Å². The number of aromatic nitrogens is 2. The number of carbonyl (C=O) groups is 1. The summed E-state index contributed by atoms with van der Waals surface area (Å²) in [7, 11) is 1.21. The van der Waals surface area contributed by atoms with Gasteiger partial charge in [0.2, 0.25) is 0 Å². The monoisotopic (exact) mass is 221 g/mol. The van der Waals surface area contributed by atoms with Gasteiger partial charge in [-0.05, 0) is 0 Å². The van der Waals surface area contributed by atoms with E-state index < -0.39 is 10.9 Å². The van der Waals surface area contributed by atoms with E-state index in [0.717, 1.165) is 6.07 Å². The second-order valence-electron chi connectivity index (χ2n) is 3.04. The molecule has 0 unspecified atom stereocenters. The van der Waals surface area contributed by atoms with Crippen LogP contribution in [-0.2, 0) is 4.74 Å². The van der Waals surface area contributed by atoms with Crippen molar-refractivity contribution in [1.29, 1.82) is 0 Å². The standard InChI is InChI=1S/C9H7N3O4/c1-16-9(13)6-2-5(12(14)15)3-7-8(6)11-4-10-7/h2-4H,1H3,(H,10,11). The van der Waals surface area contributed by atoms with Crippen LogP contribution in [-0.4, -0.2) is 28.0 Å². The van der Waals surface area contributed by atoms with Gasteiger partial charge in [-0.15, -0.1) is 0 Å². The average Bonchev–Trinajstić information content (AvgIpc) is 2.74. The topological polar surface area (TPSA) is 98.1 Å². The number of nitrogens with one attached hydrogen (secondary N) is 1. The maximum atomic E-state index is 11.4.